The molecule has 0 saturated carbocycles. The van der Waals surface area contributed by atoms with Crippen LogP contribution in [0.1, 0.15) is 44.1 Å². The van der Waals surface area contributed by atoms with Crippen molar-refractivity contribution in [3.05, 3.63) is 35.6 Å². The highest BCUT2D eigenvalue weighted by molar-refractivity contribution is 5.85. The molecule has 6 nitrogen and oxygen atoms in total. The molecule has 4 rings (SSSR count). The van der Waals surface area contributed by atoms with E-state index < -0.39 is 0 Å². The average molecular weight is 432 g/mol. The Labute approximate surface area is 184 Å². The van der Waals surface area contributed by atoms with Crippen LogP contribution in [0, 0.1) is 11.7 Å². The molecule has 3 fully saturated rings. The molecule has 1 aromatic carbocycles. The van der Waals surface area contributed by atoms with E-state index in [4.69, 9.17) is 4.74 Å². The minimum Gasteiger partial charge on any atom is -0.376 e. The van der Waals surface area contributed by atoms with E-state index in [-0.39, 0.29) is 30.3 Å². The summed E-state index contributed by atoms with van der Waals surface area (Å²) >= 11 is 0. The molecule has 0 aliphatic carbocycles. The topological polar surface area (TPSA) is 53.1 Å². The molecular weight excluding hydrogens is 397 g/mol. The van der Waals surface area contributed by atoms with Gasteiger partial charge in [-0.15, -0.1) is 0 Å². The summed E-state index contributed by atoms with van der Waals surface area (Å²) < 4.78 is 19.8. The van der Waals surface area contributed by atoms with Crippen LogP contribution in [-0.2, 0) is 20.9 Å². The number of carbonyl (C=O) groups excluding carboxylic acids is 2. The summed E-state index contributed by atoms with van der Waals surface area (Å²) in [5, 5.41) is 0. The van der Waals surface area contributed by atoms with Gasteiger partial charge in [-0.1, -0.05) is 18.2 Å². The Kier molecular flexibility index (Phi) is 7.56. The molecule has 0 aromatic heterocycles. The van der Waals surface area contributed by atoms with E-state index in [9.17, 15) is 14.0 Å². The Morgan fingerprint density at radius 1 is 1.10 bits per heavy atom. The predicted molar refractivity (Wildman–Crippen MR) is 116 cm³/mol. The summed E-state index contributed by atoms with van der Waals surface area (Å²) in [7, 11) is 0. The van der Waals surface area contributed by atoms with Gasteiger partial charge >= 0.3 is 0 Å². The first-order valence-electron chi connectivity index (χ1n) is 11.7. The van der Waals surface area contributed by atoms with Crippen molar-refractivity contribution in [2.24, 2.45) is 5.92 Å². The highest BCUT2D eigenvalue weighted by Crippen LogP contribution is 2.23. The second-order valence-corrected chi connectivity index (χ2v) is 9.16. The van der Waals surface area contributed by atoms with Crippen LogP contribution in [0.3, 0.4) is 0 Å². The summed E-state index contributed by atoms with van der Waals surface area (Å²) in [5.74, 6) is 0.414. The highest BCUT2D eigenvalue weighted by Gasteiger charge is 2.30. The normalized spacial score (nSPS) is 22.9. The second-order valence-electron chi connectivity index (χ2n) is 9.16. The van der Waals surface area contributed by atoms with Gasteiger partial charge in [-0.2, -0.15) is 0 Å². The summed E-state index contributed by atoms with van der Waals surface area (Å²) in [6.45, 7) is 5.44. The molecule has 170 valence electrons. The van der Waals surface area contributed by atoms with Crippen LogP contribution in [-0.4, -0.2) is 78.5 Å². The van der Waals surface area contributed by atoms with Crippen LogP contribution in [0.4, 0.5) is 4.39 Å². The number of hydrogen-bond acceptors (Lipinski definition) is 4. The van der Waals surface area contributed by atoms with Crippen molar-refractivity contribution in [3.63, 3.8) is 0 Å². The van der Waals surface area contributed by atoms with Crippen molar-refractivity contribution in [2.45, 2.75) is 51.2 Å². The van der Waals surface area contributed by atoms with Gasteiger partial charge in [0.1, 0.15) is 5.82 Å². The Morgan fingerprint density at radius 2 is 1.90 bits per heavy atom. The molecule has 31 heavy (non-hydrogen) atoms. The third-order valence-electron chi connectivity index (χ3n) is 6.84. The zero-order chi connectivity index (χ0) is 21.6. The summed E-state index contributed by atoms with van der Waals surface area (Å²) in [6, 6.07) is 6.97. The molecule has 0 radical (unpaired) electrons. The monoisotopic (exact) mass is 431 g/mol. The van der Waals surface area contributed by atoms with Gasteiger partial charge in [-0.3, -0.25) is 14.5 Å². The fourth-order valence-corrected chi connectivity index (χ4v) is 4.95. The molecule has 2 amide bonds. The van der Waals surface area contributed by atoms with Gasteiger partial charge in [0.05, 0.1) is 12.6 Å². The molecule has 0 unspecified atom stereocenters. The van der Waals surface area contributed by atoms with Crippen LogP contribution >= 0.6 is 0 Å². The summed E-state index contributed by atoms with van der Waals surface area (Å²) in [5.41, 5.74) is 0.742. The zero-order valence-electron chi connectivity index (χ0n) is 18.3. The van der Waals surface area contributed by atoms with Crippen LogP contribution in [0.15, 0.2) is 24.3 Å². The summed E-state index contributed by atoms with van der Waals surface area (Å²) in [6.07, 6.45) is 5.54. The van der Waals surface area contributed by atoms with Gasteiger partial charge < -0.3 is 14.5 Å². The molecule has 3 aliphatic rings. The molecule has 1 atom stereocenters. The lowest BCUT2D eigenvalue weighted by atomic mass is 9.95. The molecule has 0 N–H and O–H groups in total. The lowest BCUT2D eigenvalue weighted by Crippen LogP contribution is -2.47. The van der Waals surface area contributed by atoms with E-state index in [0.29, 0.717) is 38.5 Å². The van der Waals surface area contributed by atoms with Gasteiger partial charge in [-0.05, 0) is 57.2 Å². The molecule has 7 heteroatoms. The number of carbonyl (C=O) groups is 2. The maximum absolute atomic E-state index is 14.0. The number of benzene rings is 1. The van der Waals surface area contributed by atoms with E-state index in [1.54, 1.807) is 11.0 Å². The smallest absolute Gasteiger partial charge is 0.242 e. The van der Waals surface area contributed by atoms with E-state index in [0.717, 1.165) is 57.4 Å². The highest BCUT2D eigenvalue weighted by atomic mass is 19.1. The van der Waals surface area contributed by atoms with Gasteiger partial charge in [0.15, 0.2) is 0 Å². The molecule has 3 aliphatic heterocycles. The minimum atomic E-state index is -0.144. The Balaban J connectivity index is 1.30. The molecule has 3 saturated heterocycles. The van der Waals surface area contributed by atoms with Crippen molar-refractivity contribution in [1.82, 2.24) is 14.7 Å². The lowest BCUT2D eigenvalue weighted by molar-refractivity contribution is -0.140. The van der Waals surface area contributed by atoms with Crippen molar-refractivity contribution >= 4 is 11.8 Å². The van der Waals surface area contributed by atoms with Crippen LogP contribution in [0.25, 0.3) is 0 Å². The molecule has 0 spiro atoms. The molecular formula is C24H34FN3O3. The fraction of sp³-hybridized carbons (Fsp3) is 0.667. The number of halogens is 1. The lowest BCUT2D eigenvalue weighted by Gasteiger charge is -2.36. The van der Waals surface area contributed by atoms with E-state index in [2.05, 4.69) is 4.90 Å². The first-order valence-corrected chi connectivity index (χ1v) is 11.7. The summed E-state index contributed by atoms with van der Waals surface area (Å²) in [4.78, 5) is 31.0. The quantitative estimate of drug-likeness (QED) is 0.635. The largest absolute Gasteiger partial charge is 0.376 e. The van der Waals surface area contributed by atoms with Crippen LogP contribution < -0.4 is 0 Å². The van der Waals surface area contributed by atoms with E-state index in [1.807, 2.05) is 17.0 Å². The Hall–Kier alpha value is -1.99. The minimum absolute atomic E-state index is 0.0412. The zero-order valence-corrected chi connectivity index (χ0v) is 18.3. The first-order chi connectivity index (χ1) is 15.1. The number of hydrogen-bond donors (Lipinski definition) is 0. The standard InChI is InChI=1S/C24H34FN3O3/c25-22-7-2-1-5-20(22)16-26-12-9-19(10-13-26)15-28(17-21-6-4-14-31-21)24(30)18-27-11-3-8-23(27)29/h1-2,5,7,19,21H,3-4,6,8-18H2/t21-/m1/s1. The third kappa shape index (κ3) is 6.04. The Morgan fingerprint density at radius 3 is 2.58 bits per heavy atom. The molecule has 3 heterocycles. The van der Waals surface area contributed by atoms with Crippen molar-refractivity contribution in [1.29, 1.82) is 0 Å². The van der Waals surface area contributed by atoms with Gasteiger partial charge in [0.25, 0.3) is 0 Å². The number of nitrogens with zero attached hydrogens (tertiary/aromatic N) is 3. The maximum Gasteiger partial charge on any atom is 0.242 e. The Bertz CT molecular complexity index is 760. The first kappa shape index (κ1) is 22.2. The fourth-order valence-electron chi connectivity index (χ4n) is 4.95. The second kappa shape index (κ2) is 10.6. The molecule has 0 bridgehead atoms. The third-order valence-corrected chi connectivity index (χ3v) is 6.84. The predicted octanol–water partition coefficient (Wildman–Crippen LogP) is 2.67. The van der Waals surface area contributed by atoms with Crippen LogP contribution in [0.2, 0.25) is 0 Å². The number of piperidine rings is 1. The van der Waals surface area contributed by atoms with E-state index in [1.165, 1.54) is 6.07 Å². The van der Waals surface area contributed by atoms with Crippen molar-refractivity contribution in [3.8, 4) is 0 Å². The number of ether oxygens (including phenoxy) is 1. The average Bonchev–Trinajstić information content (AvgIpc) is 3.42. The number of rotatable bonds is 8. The van der Waals surface area contributed by atoms with E-state index >= 15 is 0 Å². The van der Waals surface area contributed by atoms with Crippen LogP contribution in [0.5, 0.6) is 0 Å². The van der Waals surface area contributed by atoms with Crippen molar-refractivity contribution in [2.75, 3.05) is 45.9 Å². The maximum atomic E-state index is 14.0. The van der Waals surface area contributed by atoms with Gasteiger partial charge in [0, 0.05) is 44.8 Å². The number of likely N-dealkylation sites (tertiary alicyclic amines) is 2. The SMILES string of the molecule is O=C1CCCN1CC(=O)N(CC1CCN(Cc2ccccc2F)CC1)C[C@H]1CCCO1. The number of amides is 2. The molecule has 1 aromatic rings. The van der Waals surface area contributed by atoms with Gasteiger partial charge in [0.2, 0.25) is 11.8 Å². The van der Waals surface area contributed by atoms with Crippen molar-refractivity contribution < 1.29 is 18.7 Å². The van der Waals surface area contributed by atoms with Gasteiger partial charge in [-0.25, -0.2) is 4.39 Å².